The Morgan fingerprint density at radius 2 is 2.19 bits per heavy atom. The van der Waals surface area contributed by atoms with Crippen molar-refractivity contribution in [1.82, 2.24) is 25.0 Å². The van der Waals surface area contributed by atoms with Crippen molar-refractivity contribution >= 4 is 41.3 Å². The van der Waals surface area contributed by atoms with E-state index in [1.165, 1.54) is 5.56 Å². The molecule has 1 aliphatic rings. The van der Waals surface area contributed by atoms with Gasteiger partial charge in [0.2, 0.25) is 0 Å². The van der Waals surface area contributed by atoms with Gasteiger partial charge in [-0.1, -0.05) is 20.8 Å². The summed E-state index contributed by atoms with van der Waals surface area (Å²) in [6.45, 7) is 12.2. The Hall–Kier alpha value is -1.16. The van der Waals surface area contributed by atoms with Gasteiger partial charge in [-0.15, -0.1) is 35.3 Å². The van der Waals surface area contributed by atoms with Gasteiger partial charge in [0.25, 0.3) is 0 Å². The van der Waals surface area contributed by atoms with Gasteiger partial charge < -0.3 is 10.2 Å². The summed E-state index contributed by atoms with van der Waals surface area (Å²) in [6, 6.07) is 0. The van der Waals surface area contributed by atoms with E-state index >= 15 is 0 Å². The molecule has 0 aliphatic carbocycles. The molecule has 150 valence electrons. The van der Waals surface area contributed by atoms with Gasteiger partial charge in [-0.2, -0.15) is 5.10 Å². The van der Waals surface area contributed by atoms with Gasteiger partial charge in [-0.05, 0) is 18.9 Å². The van der Waals surface area contributed by atoms with E-state index in [1.54, 1.807) is 11.3 Å². The van der Waals surface area contributed by atoms with Crippen LogP contribution in [0.4, 0.5) is 0 Å². The van der Waals surface area contributed by atoms with Crippen molar-refractivity contribution in [3.63, 3.8) is 0 Å². The standard InChI is InChI=1S/C19H30N6S.HI/c1-6-20-18(21-10-17-23-16(13-26-17)19(2,3)4)25-8-7-14(12-25)15-9-22-24(5)11-15;/h9,11,13-14H,6-8,10,12H2,1-5H3,(H,20,21);1H. The topological polar surface area (TPSA) is 58.3 Å². The molecule has 1 atom stereocenters. The fourth-order valence-corrected chi connectivity index (χ4v) is 4.12. The van der Waals surface area contributed by atoms with Crippen LogP contribution in [0.3, 0.4) is 0 Å². The first kappa shape index (κ1) is 22.1. The van der Waals surface area contributed by atoms with Gasteiger partial charge in [-0.3, -0.25) is 4.68 Å². The van der Waals surface area contributed by atoms with E-state index in [1.807, 2.05) is 17.9 Å². The zero-order valence-electron chi connectivity index (χ0n) is 16.9. The first-order valence-corrected chi connectivity index (χ1v) is 10.2. The second kappa shape index (κ2) is 9.36. The summed E-state index contributed by atoms with van der Waals surface area (Å²) in [5.74, 6) is 1.52. The highest BCUT2D eigenvalue weighted by molar-refractivity contribution is 14.0. The molecule has 3 rings (SSSR count). The van der Waals surface area contributed by atoms with Crippen LogP contribution in [0.5, 0.6) is 0 Å². The van der Waals surface area contributed by atoms with Crippen molar-refractivity contribution in [3.8, 4) is 0 Å². The predicted octanol–water partition coefficient (Wildman–Crippen LogP) is 3.75. The minimum Gasteiger partial charge on any atom is -0.357 e. The molecule has 0 spiro atoms. The van der Waals surface area contributed by atoms with E-state index in [2.05, 4.69) is 54.6 Å². The zero-order chi connectivity index (χ0) is 18.7. The van der Waals surface area contributed by atoms with E-state index in [0.717, 1.165) is 42.7 Å². The number of likely N-dealkylation sites (tertiary alicyclic amines) is 1. The molecule has 3 heterocycles. The molecular formula is C19H31IN6S. The Balaban J connectivity index is 0.00000261. The molecule has 0 bridgehead atoms. The minimum atomic E-state index is 0. The Kier molecular flexibility index (Phi) is 7.67. The predicted molar refractivity (Wildman–Crippen MR) is 123 cm³/mol. The molecule has 0 aromatic carbocycles. The van der Waals surface area contributed by atoms with E-state index < -0.39 is 0 Å². The third-order valence-electron chi connectivity index (χ3n) is 4.70. The number of guanidine groups is 1. The number of aryl methyl sites for hydroxylation is 1. The fraction of sp³-hybridized carbons (Fsp3) is 0.632. The van der Waals surface area contributed by atoms with E-state index in [-0.39, 0.29) is 29.4 Å². The maximum atomic E-state index is 4.85. The van der Waals surface area contributed by atoms with Crippen molar-refractivity contribution in [2.75, 3.05) is 19.6 Å². The highest BCUT2D eigenvalue weighted by Gasteiger charge is 2.27. The van der Waals surface area contributed by atoms with Gasteiger partial charge in [0.1, 0.15) is 5.01 Å². The normalized spacial score (nSPS) is 17.9. The molecule has 1 aliphatic heterocycles. The number of rotatable bonds is 4. The molecule has 6 nitrogen and oxygen atoms in total. The summed E-state index contributed by atoms with van der Waals surface area (Å²) in [4.78, 5) is 12.0. The molecule has 0 radical (unpaired) electrons. The monoisotopic (exact) mass is 502 g/mol. The second-order valence-electron chi connectivity index (χ2n) is 7.93. The van der Waals surface area contributed by atoms with Crippen molar-refractivity contribution in [3.05, 3.63) is 34.0 Å². The number of aromatic nitrogens is 3. The number of hydrogen-bond acceptors (Lipinski definition) is 4. The lowest BCUT2D eigenvalue weighted by Crippen LogP contribution is -2.40. The Bertz CT molecular complexity index is 760. The SMILES string of the molecule is CCNC(=NCc1nc(C(C)(C)C)cs1)N1CCC(c2cnn(C)c2)C1.I. The highest BCUT2D eigenvalue weighted by atomic mass is 127. The van der Waals surface area contributed by atoms with Crippen molar-refractivity contribution in [2.45, 2.75) is 52.0 Å². The number of halogens is 1. The van der Waals surface area contributed by atoms with E-state index in [4.69, 9.17) is 9.98 Å². The minimum absolute atomic E-state index is 0. The molecule has 2 aromatic heterocycles. The third kappa shape index (κ3) is 5.66. The molecule has 1 N–H and O–H groups in total. The number of nitrogens with one attached hydrogen (secondary N) is 1. The summed E-state index contributed by atoms with van der Waals surface area (Å²) in [5, 5.41) is 11.0. The van der Waals surface area contributed by atoms with Crippen LogP contribution in [0.25, 0.3) is 0 Å². The summed E-state index contributed by atoms with van der Waals surface area (Å²) in [5.41, 5.74) is 2.56. The van der Waals surface area contributed by atoms with E-state index in [0.29, 0.717) is 12.5 Å². The molecule has 0 saturated carbocycles. The van der Waals surface area contributed by atoms with Gasteiger partial charge in [0.05, 0.1) is 18.4 Å². The van der Waals surface area contributed by atoms with Crippen molar-refractivity contribution in [2.24, 2.45) is 12.0 Å². The van der Waals surface area contributed by atoms with Crippen LogP contribution in [0.1, 0.15) is 56.3 Å². The Morgan fingerprint density at radius 3 is 2.78 bits per heavy atom. The number of hydrogen-bond donors (Lipinski definition) is 1. The maximum absolute atomic E-state index is 4.85. The number of aliphatic imine (C=N–C) groups is 1. The second-order valence-corrected chi connectivity index (χ2v) is 8.87. The molecule has 27 heavy (non-hydrogen) atoms. The molecule has 0 amide bonds. The lowest BCUT2D eigenvalue weighted by atomic mass is 9.93. The summed E-state index contributed by atoms with van der Waals surface area (Å²) in [6.07, 6.45) is 5.26. The molecule has 2 aromatic rings. The van der Waals surface area contributed by atoms with Crippen LogP contribution in [0.15, 0.2) is 22.8 Å². The zero-order valence-corrected chi connectivity index (χ0v) is 20.0. The molecular weight excluding hydrogens is 471 g/mol. The van der Waals surface area contributed by atoms with Crippen LogP contribution in [0.2, 0.25) is 0 Å². The first-order chi connectivity index (χ1) is 12.4. The highest BCUT2D eigenvalue weighted by Crippen LogP contribution is 2.27. The van der Waals surface area contributed by atoms with Crippen molar-refractivity contribution < 1.29 is 0 Å². The molecule has 8 heteroatoms. The smallest absolute Gasteiger partial charge is 0.194 e. The quantitative estimate of drug-likeness (QED) is 0.393. The Labute approximate surface area is 183 Å². The Morgan fingerprint density at radius 1 is 1.41 bits per heavy atom. The average Bonchev–Trinajstić information content (AvgIpc) is 3.30. The largest absolute Gasteiger partial charge is 0.357 e. The van der Waals surface area contributed by atoms with Gasteiger partial charge >= 0.3 is 0 Å². The average molecular weight is 502 g/mol. The van der Waals surface area contributed by atoms with Crippen LogP contribution in [-0.2, 0) is 19.0 Å². The maximum Gasteiger partial charge on any atom is 0.194 e. The van der Waals surface area contributed by atoms with Gasteiger partial charge in [0.15, 0.2) is 5.96 Å². The lowest BCUT2D eigenvalue weighted by Gasteiger charge is -2.21. The molecule has 1 fully saturated rings. The summed E-state index contributed by atoms with van der Waals surface area (Å²) in [7, 11) is 1.97. The van der Waals surface area contributed by atoms with Crippen molar-refractivity contribution in [1.29, 1.82) is 0 Å². The number of thiazole rings is 1. The molecule has 1 unspecified atom stereocenters. The lowest BCUT2D eigenvalue weighted by molar-refractivity contribution is 0.486. The van der Waals surface area contributed by atoms with Crippen LogP contribution >= 0.6 is 35.3 Å². The summed E-state index contributed by atoms with van der Waals surface area (Å²) >= 11 is 1.70. The molecule has 1 saturated heterocycles. The van der Waals surface area contributed by atoms with Crippen LogP contribution in [-0.4, -0.2) is 45.3 Å². The fourth-order valence-electron chi connectivity index (χ4n) is 3.17. The van der Waals surface area contributed by atoms with Gasteiger partial charge in [0, 0.05) is 49.6 Å². The first-order valence-electron chi connectivity index (χ1n) is 9.33. The van der Waals surface area contributed by atoms with Crippen LogP contribution in [0, 0.1) is 0 Å². The summed E-state index contributed by atoms with van der Waals surface area (Å²) < 4.78 is 1.88. The number of nitrogens with zero attached hydrogens (tertiary/aromatic N) is 5. The van der Waals surface area contributed by atoms with E-state index in [9.17, 15) is 0 Å². The van der Waals surface area contributed by atoms with Gasteiger partial charge in [-0.25, -0.2) is 9.98 Å². The third-order valence-corrected chi connectivity index (χ3v) is 5.54. The van der Waals surface area contributed by atoms with Crippen LogP contribution < -0.4 is 5.32 Å².